The highest BCUT2D eigenvalue weighted by molar-refractivity contribution is 7.92. The zero-order valence-electron chi connectivity index (χ0n) is 20.2. The molecule has 3 aromatic carbocycles. The molecule has 35 heavy (non-hydrogen) atoms. The summed E-state index contributed by atoms with van der Waals surface area (Å²) in [4.78, 5) is 25.5. The number of nitrogens with zero attached hydrogens (tertiary/aromatic N) is 1. The number of sulfonamides is 1. The second-order valence-corrected chi connectivity index (χ2v) is 10.4. The highest BCUT2D eigenvalue weighted by Gasteiger charge is 2.19. The van der Waals surface area contributed by atoms with Gasteiger partial charge in [0, 0.05) is 13.0 Å². The van der Waals surface area contributed by atoms with E-state index in [0.717, 1.165) is 17.4 Å². The number of nitrogens with one attached hydrogen (secondary N) is 2. The maximum absolute atomic E-state index is 12.9. The van der Waals surface area contributed by atoms with Crippen molar-refractivity contribution in [2.75, 3.05) is 22.4 Å². The minimum Gasteiger partial charge on any atom is -0.345 e. The average molecular weight is 494 g/mol. The van der Waals surface area contributed by atoms with Gasteiger partial charge >= 0.3 is 0 Å². The van der Waals surface area contributed by atoms with E-state index in [1.165, 1.54) is 4.31 Å². The number of hydrogen-bond donors (Lipinski definition) is 2. The van der Waals surface area contributed by atoms with E-state index in [9.17, 15) is 18.0 Å². The molecular weight excluding hydrogens is 462 g/mol. The Kier molecular flexibility index (Phi) is 8.65. The zero-order chi connectivity index (χ0) is 25.4. The van der Waals surface area contributed by atoms with Crippen molar-refractivity contribution in [1.82, 2.24) is 5.32 Å². The molecule has 0 saturated carbocycles. The molecule has 1 atom stereocenters. The van der Waals surface area contributed by atoms with Gasteiger partial charge in [0.1, 0.15) is 0 Å². The van der Waals surface area contributed by atoms with Crippen LogP contribution in [0.2, 0.25) is 0 Å². The van der Waals surface area contributed by atoms with Crippen molar-refractivity contribution in [3.8, 4) is 0 Å². The second kappa shape index (κ2) is 11.7. The molecular formula is C27H31N3O4S. The number of amides is 2. The largest absolute Gasteiger partial charge is 0.345 e. The van der Waals surface area contributed by atoms with Gasteiger partial charge in [-0.25, -0.2) is 8.42 Å². The Labute approximate surface area is 207 Å². The van der Waals surface area contributed by atoms with Crippen molar-refractivity contribution in [2.45, 2.75) is 32.7 Å². The summed E-state index contributed by atoms with van der Waals surface area (Å²) in [6, 6.07) is 23.4. The molecule has 0 bridgehead atoms. The van der Waals surface area contributed by atoms with E-state index in [0.29, 0.717) is 23.4 Å². The molecule has 0 aromatic heterocycles. The molecule has 0 aliphatic rings. The van der Waals surface area contributed by atoms with Crippen LogP contribution >= 0.6 is 0 Å². The van der Waals surface area contributed by atoms with Gasteiger partial charge in [0.25, 0.3) is 5.91 Å². The molecule has 0 aliphatic carbocycles. The average Bonchev–Trinajstić information content (AvgIpc) is 2.82. The van der Waals surface area contributed by atoms with Crippen LogP contribution in [0.3, 0.4) is 0 Å². The van der Waals surface area contributed by atoms with E-state index >= 15 is 0 Å². The molecule has 0 spiro atoms. The van der Waals surface area contributed by atoms with Crippen LogP contribution in [0, 0.1) is 6.92 Å². The zero-order valence-corrected chi connectivity index (χ0v) is 21.0. The van der Waals surface area contributed by atoms with Crippen molar-refractivity contribution in [3.05, 3.63) is 95.6 Å². The number of para-hydroxylation sites is 1. The first-order valence-corrected chi connectivity index (χ1v) is 13.3. The van der Waals surface area contributed by atoms with Gasteiger partial charge in [0.05, 0.1) is 29.2 Å². The lowest BCUT2D eigenvalue weighted by atomic mass is 10.1. The molecule has 184 valence electrons. The van der Waals surface area contributed by atoms with Crippen molar-refractivity contribution in [1.29, 1.82) is 0 Å². The first-order valence-electron chi connectivity index (χ1n) is 11.4. The van der Waals surface area contributed by atoms with Crippen molar-refractivity contribution in [3.63, 3.8) is 0 Å². The fourth-order valence-corrected chi connectivity index (χ4v) is 4.65. The van der Waals surface area contributed by atoms with Crippen LogP contribution in [0.5, 0.6) is 0 Å². The SMILES string of the molecule is Cc1ccc(N(CCCC(=O)Nc2ccccc2C(=O)N[C@H](C)c2ccccc2)S(C)(=O)=O)cc1. The van der Waals surface area contributed by atoms with Crippen molar-refractivity contribution >= 4 is 33.2 Å². The van der Waals surface area contributed by atoms with Crippen LogP contribution in [-0.4, -0.2) is 33.0 Å². The molecule has 0 aliphatic heterocycles. The second-order valence-electron chi connectivity index (χ2n) is 8.47. The summed E-state index contributed by atoms with van der Waals surface area (Å²) >= 11 is 0. The van der Waals surface area contributed by atoms with Gasteiger partial charge in [-0.2, -0.15) is 0 Å². The molecule has 2 amide bonds. The third-order valence-corrected chi connectivity index (χ3v) is 6.77. The molecule has 2 N–H and O–H groups in total. The molecule has 3 aromatic rings. The van der Waals surface area contributed by atoms with Gasteiger partial charge in [0.2, 0.25) is 15.9 Å². The smallest absolute Gasteiger partial charge is 0.253 e. The number of carbonyl (C=O) groups excluding carboxylic acids is 2. The Hall–Kier alpha value is -3.65. The van der Waals surface area contributed by atoms with Crippen molar-refractivity contribution in [2.24, 2.45) is 0 Å². The lowest BCUT2D eigenvalue weighted by Crippen LogP contribution is -2.31. The Bertz CT molecular complexity index is 1260. The van der Waals surface area contributed by atoms with E-state index in [-0.39, 0.29) is 30.8 Å². The summed E-state index contributed by atoms with van der Waals surface area (Å²) in [6.07, 6.45) is 1.58. The third kappa shape index (κ3) is 7.42. The Balaban J connectivity index is 1.61. The highest BCUT2D eigenvalue weighted by Crippen LogP contribution is 2.20. The molecule has 0 fully saturated rings. The molecule has 8 heteroatoms. The van der Waals surface area contributed by atoms with Gasteiger partial charge in [-0.1, -0.05) is 60.2 Å². The first-order chi connectivity index (χ1) is 16.6. The number of hydrogen-bond acceptors (Lipinski definition) is 4. The number of aryl methyl sites for hydroxylation is 1. The quantitative estimate of drug-likeness (QED) is 0.429. The number of carbonyl (C=O) groups is 2. The van der Waals surface area contributed by atoms with Crippen LogP contribution in [0.15, 0.2) is 78.9 Å². The van der Waals surface area contributed by atoms with E-state index in [2.05, 4.69) is 10.6 Å². The fraction of sp³-hybridized carbons (Fsp3) is 0.259. The lowest BCUT2D eigenvalue weighted by Gasteiger charge is -2.22. The van der Waals surface area contributed by atoms with E-state index < -0.39 is 10.0 Å². The van der Waals surface area contributed by atoms with Crippen LogP contribution < -0.4 is 14.9 Å². The predicted octanol–water partition coefficient (Wildman–Crippen LogP) is 4.67. The summed E-state index contributed by atoms with van der Waals surface area (Å²) in [7, 11) is -3.49. The predicted molar refractivity (Wildman–Crippen MR) is 140 cm³/mol. The van der Waals surface area contributed by atoms with Gasteiger partial charge in [-0.3, -0.25) is 13.9 Å². The topological polar surface area (TPSA) is 95.6 Å². The molecule has 0 heterocycles. The van der Waals surface area contributed by atoms with E-state index in [1.54, 1.807) is 36.4 Å². The van der Waals surface area contributed by atoms with Gasteiger partial charge < -0.3 is 10.6 Å². The normalized spacial score (nSPS) is 12.0. The fourth-order valence-electron chi connectivity index (χ4n) is 3.68. The minimum atomic E-state index is -3.49. The van der Waals surface area contributed by atoms with Gasteiger partial charge in [-0.05, 0) is 50.1 Å². The Morgan fingerprint density at radius 2 is 1.54 bits per heavy atom. The summed E-state index contributed by atoms with van der Waals surface area (Å²) in [6.45, 7) is 4.00. The number of anilines is 2. The van der Waals surface area contributed by atoms with Gasteiger partial charge in [0.15, 0.2) is 0 Å². The Morgan fingerprint density at radius 1 is 0.914 bits per heavy atom. The number of benzene rings is 3. The molecule has 3 rings (SSSR count). The standard InChI is InChI=1S/C27H31N3O4S/c1-20-15-17-23(18-16-20)30(35(3,33)34)19-9-14-26(31)29-25-13-8-7-12-24(25)27(32)28-21(2)22-10-5-4-6-11-22/h4-8,10-13,15-18,21H,9,14,19H2,1-3H3,(H,28,32)(H,29,31)/t21-/m1/s1. The summed E-state index contributed by atoms with van der Waals surface area (Å²) < 4.78 is 25.8. The lowest BCUT2D eigenvalue weighted by molar-refractivity contribution is -0.116. The number of rotatable bonds is 10. The monoisotopic (exact) mass is 493 g/mol. The van der Waals surface area contributed by atoms with Crippen LogP contribution in [0.4, 0.5) is 11.4 Å². The minimum absolute atomic E-state index is 0.105. The summed E-state index contributed by atoms with van der Waals surface area (Å²) in [5, 5.41) is 5.76. The first kappa shape index (κ1) is 26.0. The van der Waals surface area contributed by atoms with E-state index in [1.807, 2.05) is 56.3 Å². The van der Waals surface area contributed by atoms with Crippen LogP contribution in [0.25, 0.3) is 0 Å². The van der Waals surface area contributed by atoms with Crippen LogP contribution in [0.1, 0.15) is 47.3 Å². The summed E-state index contributed by atoms with van der Waals surface area (Å²) in [5.74, 6) is -0.585. The molecule has 0 saturated heterocycles. The highest BCUT2D eigenvalue weighted by atomic mass is 32.2. The molecule has 0 unspecified atom stereocenters. The maximum atomic E-state index is 12.9. The maximum Gasteiger partial charge on any atom is 0.253 e. The summed E-state index contributed by atoms with van der Waals surface area (Å²) in [5.41, 5.74) is 3.34. The van der Waals surface area contributed by atoms with E-state index in [4.69, 9.17) is 0 Å². The Morgan fingerprint density at radius 3 is 2.20 bits per heavy atom. The molecule has 7 nitrogen and oxygen atoms in total. The van der Waals surface area contributed by atoms with Crippen molar-refractivity contribution < 1.29 is 18.0 Å². The van der Waals surface area contributed by atoms with Gasteiger partial charge in [-0.15, -0.1) is 0 Å². The van der Waals surface area contributed by atoms with Crippen LogP contribution in [-0.2, 0) is 14.8 Å². The molecule has 0 radical (unpaired) electrons. The third-order valence-electron chi connectivity index (χ3n) is 5.58.